The number of halogens is 5. The fraction of sp³-hybridized carbons (Fsp3) is 0.400. The molecule has 1 aromatic carbocycles. The van der Waals surface area contributed by atoms with Crippen molar-refractivity contribution in [2.24, 2.45) is 5.73 Å². The number of nitrogens with two attached hydrogens (primary N) is 1. The predicted molar refractivity (Wildman–Crippen MR) is 50.7 cm³/mol. The maximum atomic E-state index is 12.8. The van der Waals surface area contributed by atoms with Crippen LogP contribution >= 0.6 is 0 Å². The largest absolute Gasteiger partial charge is 0.487 e. The number of alkyl halides is 4. The molecule has 0 unspecified atom stereocenters. The Hall–Kier alpha value is -1.37. The van der Waals surface area contributed by atoms with Crippen LogP contribution in [-0.2, 0) is 6.54 Å². The van der Waals surface area contributed by atoms with Crippen molar-refractivity contribution in [1.82, 2.24) is 0 Å². The van der Waals surface area contributed by atoms with Crippen LogP contribution in [0.25, 0.3) is 0 Å². The van der Waals surface area contributed by atoms with Crippen molar-refractivity contribution in [2.75, 3.05) is 6.61 Å². The molecule has 0 saturated heterocycles. The molecule has 0 aliphatic rings. The summed E-state index contributed by atoms with van der Waals surface area (Å²) in [5.41, 5.74) is 5.37. The molecular formula is C10H10F5NO. The fourth-order valence-electron chi connectivity index (χ4n) is 1.09. The third-order valence-electron chi connectivity index (χ3n) is 1.98. The van der Waals surface area contributed by atoms with E-state index in [0.717, 1.165) is 18.2 Å². The molecule has 0 aliphatic heterocycles. The minimum absolute atomic E-state index is 0.130. The zero-order valence-corrected chi connectivity index (χ0v) is 8.60. The van der Waals surface area contributed by atoms with E-state index >= 15 is 0 Å². The molecule has 0 saturated carbocycles. The maximum absolute atomic E-state index is 12.8. The van der Waals surface area contributed by atoms with Gasteiger partial charge in [-0.15, -0.1) is 0 Å². The standard InChI is InChI=1S/C10H10F5NO/c11-7-1-2-8(6(3-7)4-16)17-5-10(14,15)9(12)13/h1-3,9H,4-5,16H2. The van der Waals surface area contributed by atoms with Gasteiger partial charge in [-0.1, -0.05) is 0 Å². The number of hydrogen-bond donors (Lipinski definition) is 1. The first-order valence-electron chi connectivity index (χ1n) is 4.64. The molecule has 0 aliphatic carbocycles. The number of ether oxygens (including phenoxy) is 1. The molecule has 1 aromatic rings. The van der Waals surface area contributed by atoms with Gasteiger partial charge in [0, 0.05) is 12.1 Å². The van der Waals surface area contributed by atoms with Crippen LogP contribution in [0.3, 0.4) is 0 Å². The lowest BCUT2D eigenvalue weighted by Crippen LogP contribution is -2.34. The van der Waals surface area contributed by atoms with E-state index in [0.29, 0.717) is 0 Å². The van der Waals surface area contributed by atoms with E-state index in [4.69, 9.17) is 5.73 Å². The van der Waals surface area contributed by atoms with E-state index in [1.54, 1.807) is 0 Å². The molecule has 7 heteroatoms. The summed E-state index contributed by atoms with van der Waals surface area (Å²) in [4.78, 5) is 0. The Bertz CT molecular complexity index is 383. The van der Waals surface area contributed by atoms with Gasteiger partial charge in [0.2, 0.25) is 0 Å². The Morgan fingerprint density at radius 2 is 1.94 bits per heavy atom. The Kier molecular flexibility index (Phi) is 4.28. The third kappa shape index (κ3) is 3.55. The van der Waals surface area contributed by atoms with Gasteiger partial charge in [0.05, 0.1) is 0 Å². The van der Waals surface area contributed by atoms with Crippen molar-refractivity contribution in [3.05, 3.63) is 29.6 Å². The molecular weight excluding hydrogens is 245 g/mol. The lowest BCUT2D eigenvalue weighted by molar-refractivity contribution is -0.148. The van der Waals surface area contributed by atoms with Crippen molar-refractivity contribution in [3.8, 4) is 5.75 Å². The fourth-order valence-corrected chi connectivity index (χ4v) is 1.09. The van der Waals surface area contributed by atoms with E-state index < -0.39 is 24.8 Å². The van der Waals surface area contributed by atoms with E-state index in [2.05, 4.69) is 4.74 Å². The molecule has 96 valence electrons. The molecule has 0 heterocycles. The van der Waals surface area contributed by atoms with Gasteiger partial charge in [-0.05, 0) is 18.2 Å². The molecule has 0 atom stereocenters. The average Bonchev–Trinajstić information content (AvgIpc) is 2.27. The summed E-state index contributed by atoms with van der Waals surface area (Å²) in [7, 11) is 0. The van der Waals surface area contributed by atoms with Crippen LogP contribution in [0.4, 0.5) is 22.0 Å². The van der Waals surface area contributed by atoms with Crippen LogP contribution in [0.2, 0.25) is 0 Å². The highest BCUT2D eigenvalue weighted by atomic mass is 19.3. The summed E-state index contributed by atoms with van der Waals surface area (Å²) >= 11 is 0. The number of benzene rings is 1. The predicted octanol–water partition coefficient (Wildman–Crippen LogP) is 2.56. The summed E-state index contributed by atoms with van der Waals surface area (Å²) in [5.74, 6) is -4.99. The van der Waals surface area contributed by atoms with E-state index in [9.17, 15) is 22.0 Å². The van der Waals surface area contributed by atoms with Crippen LogP contribution in [0, 0.1) is 5.82 Å². The van der Waals surface area contributed by atoms with Crippen molar-refractivity contribution >= 4 is 0 Å². The smallest absolute Gasteiger partial charge is 0.340 e. The number of hydrogen-bond acceptors (Lipinski definition) is 2. The van der Waals surface area contributed by atoms with E-state index in [1.165, 1.54) is 0 Å². The first-order chi connectivity index (χ1) is 7.86. The summed E-state index contributed by atoms with van der Waals surface area (Å²) in [6.45, 7) is -1.63. The van der Waals surface area contributed by atoms with E-state index in [1.807, 2.05) is 0 Å². The highest BCUT2D eigenvalue weighted by Gasteiger charge is 2.41. The summed E-state index contributed by atoms with van der Waals surface area (Å²) in [6.07, 6.45) is -3.82. The van der Waals surface area contributed by atoms with Crippen LogP contribution in [0.5, 0.6) is 5.75 Å². The van der Waals surface area contributed by atoms with Gasteiger partial charge in [0.1, 0.15) is 11.6 Å². The highest BCUT2D eigenvalue weighted by Crippen LogP contribution is 2.26. The minimum atomic E-state index is -4.25. The molecule has 0 bridgehead atoms. The first-order valence-corrected chi connectivity index (χ1v) is 4.64. The Morgan fingerprint density at radius 1 is 1.29 bits per heavy atom. The Morgan fingerprint density at radius 3 is 2.47 bits per heavy atom. The zero-order valence-electron chi connectivity index (χ0n) is 8.60. The third-order valence-corrected chi connectivity index (χ3v) is 1.98. The van der Waals surface area contributed by atoms with Gasteiger partial charge >= 0.3 is 12.3 Å². The second-order valence-corrected chi connectivity index (χ2v) is 3.31. The zero-order chi connectivity index (χ0) is 13.1. The lowest BCUT2D eigenvalue weighted by Gasteiger charge is -2.17. The summed E-state index contributed by atoms with van der Waals surface area (Å²) < 4.78 is 66.1. The van der Waals surface area contributed by atoms with Crippen molar-refractivity contribution in [1.29, 1.82) is 0 Å². The van der Waals surface area contributed by atoms with Crippen LogP contribution in [0.15, 0.2) is 18.2 Å². The van der Waals surface area contributed by atoms with Gasteiger partial charge in [-0.2, -0.15) is 8.78 Å². The second kappa shape index (κ2) is 5.31. The lowest BCUT2D eigenvalue weighted by atomic mass is 10.2. The van der Waals surface area contributed by atoms with Crippen LogP contribution in [-0.4, -0.2) is 19.0 Å². The van der Waals surface area contributed by atoms with E-state index in [-0.39, 0.29) is 17.9 Å². The first kappa shape index (κ1) is 13.7. The number of rotatable bonds is 5. The Labute approximate surface area is 94.2 Å². The topological polar surface area (TPSA) is 35.2 Å². The Balaban J connectivity index is 2.76. The van der Waals surface area contributed by atoms with Crippen LogP contribution in [0.1, 0.15) is 5.56 Å². The molecule has 2 N–H and O–H groups in total. The molecule has 0 fully saturated rings. The molecule has 1 rings (SSSR count). The normalized spacial score (nSPS) is 11.9. The molecule has 0 aromatic heterocycles. The van der Waals surface area contributed by atoms with Gasteiger partial charge in [0.15, 0.2) is 6.61 Å². The quantitative estimate of drug-likeness (QED) is 0.821. The molecule has 0 radical (unpaired) electrons. The van der Waals surface area contributed by atoms with Gasteiger partial charge in [-0.3, -0.25) is 0 Å². The highest BCUT2D eigenvalue weighted by molar-refractivity contribution is 5.33. The molecule has 2 nitrogen and oxygen atoms in total. The van der Waals surface area contributed by atoms with Crippen molar-refractivity contribution in [2.45, 2.75) is 18.9 Å². The van der Waals surface area contributed by atoms with Crippen molar-refractivity contribution in [3.63, 3.8) is 0 Å². The summed E-state index contributed by atoms with van der Waals surface area (Å²) in [5, 5.41) is 0. The second-order valence-electron chi connectivity index (χ2n) is 3.31. The molecule has 17 heavy (non-hydrogen) atoms. The van der Waals surface area contributed by atoms with Gasteiger partial charge in [-0.25, -0.2) is 13.2 Å². The van der Waals surface area contributed by atoms with Gasteiger partial charge < -0.3 is 10.5 Å². The SMILES string of the molecule is NCc1cc(F)ccc1OCC(F)(F)C(F)F. The minimum Gasteiger partial charge on any atom is -0.487 e. The summed E-state index contributed by atoms with van der Waals surface area (Å²) in [6, 6.07) is 3.03. The average molecular weight is 255 g/mol. The monoisotopic (exact) mass is 255 g/mol. The molecule has 0 spiro atoms. The van der Waals surface area contributed by atoms with Crippen LogP contribution < -0.4 is 10.5 Å². The maximum Gasteiger partial charge on any atom is 0.340 e. The van der Waals surface area contributed by atoms with Crippen molar-refractivity contribution < 1.29 is 26.7 Å². The van der Waals surface area contributed by atoms with Gasteiger partial charge in [0.25, 0.3) is 0 Å². The molecule has 0 amide bonds.